The van der Waals surface area contributed by atoms with Gasteiger partial charge < -0.3 is 10.6 Å². The molecule has 1 aromatic heterocycles. The Bertz CT molecular complexity index is 1070. The lowest BCUT2D eigenvalue weighted by Crippen LogP contribution is -2.33. The standard InChI is InChI=1S/C24H25N3O2S/c1-4-18-8-5-6-10-21(18)27-22(28)15-26-23(29)20-9-7-13-25-24(20)30-19-12-11-16(2)17(3)14-19/h5-14H,4,15H2,1-3H3,(H,26,29)(H,27,28). The molecule has 2 aromatic carbocycles. The van der Waals surface area contributed by atoms with E-state index in [0.29, 0.717) is 10.6 Å². The number of rotatable bonds is 7. The first-order chi connectivity index (χ1) is 14.5. The fourth-order valence-electron chi connectivity index (χ4n) is 2.93. The van der Waals surface area contributed by atoms with Crippen molar-refractivity contribution in [2.24, 2.45) is 0 Å². The second-order valence-electron chi connectivity index (χ2n) is 6.95. The Hall–Kier alpha value is -3.12. The summed E-state index contributed by atoms with van der Waals surface area (Å²) in [5.74, 6) is -0.593. The number of pyridine rings is 1. The van der Waals surface area contributed by atoms with Crippen LogP contribution < -0.4 is 10.6 Å². The van der Waals surface area contributed by atoms with Crippen LogP contribution in [0, 0.1) is 13.8 Å². The summed E-state index contributed by atoms with van der Waals surface area (Å²) in [6.07, 6.45) is 2.48. The minimum Gasteiger partial charge on any atom is -0.343 e. The molecule has 0 aliphatic heterocycles. The molecule has 0 radical (unpaired) electrons. The number of nitrogens with one attached hydrogen (secondary N) is 2. The highest BCUT2D eigenvalue weighted by atomic mass is 32.2. The first kappa shape index (κ1) is 21.6. The lowest BCUT2D eigenvalue weighted by atomic mass is 10.1. The molecule has 1 heterocycles. The molecule has 0 bridgehead atoms. The molecule has 2 N–H and O–H groups in total. The maximum Gasteiger partial charge on any atom is 0.254 e. The molecule has 0 aliphatic carbocycles. The van der Waals surface area contributed by atoms with Crippen LogP contribution in [0.15, 0.2) is 70.7 Å². The van der Waals surface area contributed by atoms with E-state index in [2.05, 4.69) is 41.6 Å². The van der Waals surface area contributed by atoms with E-state index in [9.17, 15) is 9.59 Å². The van der Waals surface area contributed by atoms with E-state index in [1.54, 1.807) is 18.3 Å². The summed E-state index contributed by atoms with van der Waals surface area (Å²) in [5, 5.41) is 6.17. The first-order valence-corrected chi connectivity index (χ1v) is 10.7. The zero-order chi connectivity index (χ0) is 21.5. The van der Waals surface area contributed by atoms with Gasteiger partial charge in [0.05, 0.1) is 12.1 Å². The third kappa shape index (κ3) is 5.48. The second kappa shape index (κ2) is 10.1. The molecule has 0 aliphatic rings. The number of hydrogen-bond donors (Lipinski definition) is 2. The molecule has 3 aromatic rings. The summed E-state index contributed by atoms with van der Waals surface area (Å²) in [4.78, 5) is 30.4. The molecule has 0 spiro atoms. The highest BCUT2D eigenvalue weighted by Gasteiger charge is 2.15. The number of benzene rings is 2. The number of carbonyl (C=O) groups excluding carboxylic acids is 2. The third-order valence-electron chi connectivity index (χ3n) is 4.79. The number of aromatic nitrogens is 1. The molecule has 0 unspecified atom stereocenters. The van der Waals surface area contributed by atoms with Gasteiger partial charge in [-0.1, -0.05) is 43.0 Å². The van der Waals surface area contributed by atoms with Crippen LogP contribution in [-0.4, -0.2) is 23.3 Å². The van der Waals surface area contributed by atoms with Crippen LogP contribution >= 0.6 is 11.8 Å². The van der Waals surface area contributed by atoms with E-state index in [1.165, 1.54) is 22.9 Å². The molecule has 30 heavy (non-hydrogen) atoms. The summed E-state index contributed by atoms with van der Waals surface area (Å²) in [6, 6.07) is 17.2. The van der Waals surface area contributed by atoms with Crippen molar-refractivity contribution in [3.05, 3.63) is 83.0 Å². The van der Waals surface area contributed by atoms with Gasteiger partial charge in [-0.05, 0) is 67.3 Å². The van der Waals surface area contributed by atoms with Crippen LogP contribution in [0.3, 0.4) is 0 Å². The van der Waals surface area contributed by atoms with Crippen LogP contribution in [0.1, 0.15) is 34.0 Å². The van der Waals surface area contributed by atoms with Crippen LogP contribution in [0.2, 0.25) is 0 Å². The van der Waals surface area contributed by atoms with Gasteiger partial charge in [0.25, 0.3) is 5.91 Å². The van der Waals surface area contributed by atoms with Crippen molar-refractivity contribution >= 4 is 29.3 Å². The molecular weight excluding hydrogens is 394 g/mol. The van der Waals surface area contributed by atoms with Gasteiger partial charge in [-0.3, -0.25) is 9.59 Å². The lowest BCUT2D eigenvalue weighted by Gasteiger charge is -2.12. The number of carbonyl (C=O) groups is 2. The van der Waals surface area contributed by atoms with Crippen molar-refractivity contribution in [2.75, 3.05) is 11.9 Å². The minimum atomic E-state index is -0.326. The minimum absolute atomic E-state index is 0.112. The largest absolute Gasteiger partial charge is 0.343 e. The normalized spacial score (nSPS) is 10.5. The third-order valence-corrected chi connectivity index (χ3v) is 5.80. The molecule has 6 heteroatoms. The Morgan fingerprint density at radius 3 is 2.57 bits per heavy atom. The molecule has 3 rings (SSSR count). The zero-order valence-corrected chi connectivity index (χ0v) is 18.2. The van der Waals surface area contributed by atoms with Crippen molar-refractivity contribution in [2.45, 2.75) is 37.1 Å². The van der Waals surface area contributed by atoms with Crippen molar-refractivity contribution in [3.63, 3.8) is 0 Å². The van der Waals surface area contributed by atoms with Crippen LogP contribution in [-0.2, 0) is 11.2 Å². The summed E-state index contributed by atoms with van der Waals surface area (Å²) >= 11 is 1.43. The summed E-state index contributed by atoms with van der Waals surface area (Å²) in [7, 11) is 0. The van der Waals surface area contributed by atoms with Crippen molar-refractivity contribution in [1.29, 1.82) is 0 Å². The van der Waals surface area contributed by atoms with Gasteiger partial charge in [-0.2, -0.15) is 0 Å². The van der Waals surface area contributed by atoms with Crippen LogP contribution in [0.5, 0.6) is 0 Å². The van der Waals surface area contributed by atoms with Gasteiger partial charge in [0.1, 0.15) is 5.03 Å². The average Bonchev–Trinajstić information content (AvgIpc) is 2.75. The zero-order valence-electron chi connectivity index (χ0n) is 17.4. The van der Waals surface area contributed by atoms with Crippen molar-refractivity contribution in [3.8, 4) is 0 Å². The van der Waals surface area contributed by atoms with Crippen LogP contribution in [0.4, 0.5) is 5.69 Å². The maximum atomic E-state index is 12.7. The quantitative estimate of drug-likeness (QED) is 0.578. The SMILES string of the molecule is CCc1ccccc1NC(=O)CNC(=O)c1cccnc1Sc1ccc(C)c(C)c1. The fraction of sp³-hybridized carbons (Fsp3) is 0.208. The summed E-state index contributed by atoms with van der Waals surface area (Å²) in [5.41, 5.74) is 4.67. The molecule has 154 valence electrons. The number of hydrogen-bond acceptors (Lipinski definition) is 4. The van der Waals surface area contributed by atoms with E-state index in [4.69, 9.17) is 0 Å². The predicted octanol–water partition coefficient (Wildman–Crippen LogP) is 4.78. The lowest BCUT2D eigenvalue weighted by molar-refractivity contribution is -0.115. The molecule has 0 fully saturated rings. The first-order valence-electron chi connectivity index (χ1n) is 9.84. The van der Waals surface area contributed by atoms with E-state index in [1.807, 2.05) is 37.3 Å². The van der Waals surface area contributed by atoms with Gasteiger partial charge in [-0.25, -0.2) is 4.98 Å². The van der Waals surface area contributed by atoms with Crippen molar-refractivity contribution in [1.82, 2.24) is 10.3 Å². The highest BCUT2D eigenvalue weighted by Crippen LogP contribution is 2.29. The summed E-state index contributed by atoms with van der Waals surface area (Å²) in [6.45, 7) is 6.04. The number of aryl methyl sites for hydroxylation is 3. The van der Waals surface area contributed by atoms with Gasteiger partial charge in [0.2, 0.25) is 5.91 Å². The molecular formula is C24H25N3O2S. The Morgan fingerprint density at radius 1 is 1.00 bits per heavy atom. The number of anilines is 1. The number of para-hydroxylation sites is 1. The van der Waals surface area contributed by atoms with Crippen molar-refractivity contribution < 1.29 is 9.59 Å². The van der Waals surface area contributed by atoms with Gasteiger partial charge >= 0.3 is 0 Å². The van der Waals surface area contributed by atoms with Gasteiger partial charge in [0, 0.05) is 16.8 Å². The van der Waals surface area contributed by atoms with E-state index in [0.717, 1.165) is 22.6 Å². The smallest absolute Gasteiger partial charge is 0.254 e. The van der Waals surface area contributed by atoms with E-state index >= 15 is 0 Å². The predicted molar refractivity (Wildman–Crippen MR) is 121 cm³/mol. The fourth-order valence-corrected chi connectivity index (χ4v) is 3.91. The second-order valence-corrected chi connectivity index (χ2v) is 8.01. The Morgan fingerprint density at radius 2 is 1.80 bits per heavy atom. The van der Waals surface area contributed by atoms with E-state index < -0.39 is 0 Å². The monoisotopic (exact) mass is 419 g/mol. The Balaban J connectivity index is 1.65. The molecule has 5 nitrogen and oxygen atoms in total. The van der Waals surface area contributed by atoms with Gasteiger partial charge in [0.15, 0.2) is 0 Å². The number of nitrogens with zero attached hydrogens (tertiary/aromatic N) is 1. The molecule has 2 amide bonds. The molecule has 0 atom stereocenters. The topological polar surface area (TPSA) is 71.1 Å². The Kier molecular flexibility index (Phi) is 7.25. The highest BCUT2D eigenvalue weighted by molar-refractivity contribution is 7.99. The molecule has 0 saturated carbocycles. The maximum absolute atomic E-state index is 12.7. The Labute approximate surface area is 181 Å². The number of amides is 2. The van der Waals surface area contributed by atoms with Gasteiger partial charge in [-0.15, -0.1) is 0 Å². The van der Waals surface area contributed by atoms with Crippen LogP contribution in [0.25, 0.3) is 0 Å². The summed E-state index contributed by atoms with van der Waals surface area (Å²) < 4.78 is 0. The average molecular weight is 420 g/mol. The molecule has 0 saturated heterocycles. The van der Waals surface area contributed by atoms with E-state index in [-0.39, 0.29) is 18.4 Å².